The lowest BCUT2D eigenvalue weighted by Gasteiger charge is -2.15. The molecule has 4 heteroatoms. The van der Waals surface area contributed by atoms with Gasteiger partial charge < -0.3 is 4.90 Å². The maximum Gasteiger partial charge on any atom is 0.227 e. The fourth-order valence-electron chi connectivity index (χ4n) is 2.34. The summed E-state index contributed by atoms with van der Waals surface area (Å²) in [7, 11) is 0. The van der Waals surface area contributed by atoms with Gasteiger partial charge in [-0.3, -0.25) is 4.79 Å². The van der Waals surface area contributed by atoms with E-state index >= 15 is 0 Å². The van der Waals surface area contributed by atoms with Crippen LogP contribution in [0, 0.1) is 12.8 Å². The van der Waals surface area contributed by atoms with Crippen LogP contribution in [-0.4, -0.2) is 17.4 Å². The van der Waals surface area contributed by atoms with Crippen molar-refractivity contribution in [2.24, 2.45) is 5.92 Å². The average Bonchev–Trinajstić information content (AvgIpc) is 2.89. The number of amides is 1. The molecule has 1 aromatic carbocycles. The van der Waals surface area contributed by atoms with Crippen LogP contribution in [0.15, 0.2) is 30.9 Å². The summed E-state index contributed by atoms with van der Waals surface area (Å²) in [5, 5.41) is 1.05. The van der Waals surface area contributed by atoms with Gasteiger partial charge in [0.05, 0.1) is 15.2 Å². The molecule has 0 spiro atoms. The lowest BCUT2D eigenvalue weighted by molar-refractivity contribution is -0.117. The van der Waals surface area contributed by atoms with E-state index in [9.17, 15) is 4.79 Å². The molecular formula is C14H14N2OS. The van der Waals surface area contributed by atoms with Crippen LogP contribution in [0.1, 0.15) is 11.4 Å². The van der Waals surface area contributed by atoms with E-state index in [0.29, 0.717) is 6.42 Å². The minimum absolute atomic E-state index is 0.181. The molecule has 1 fully saturated rings. The van der Waals surface area contributed by atoms with E-state index in [4.69, 9.17) is 0 Å². The molecule has 0 radical (unpaired) electrons. The summed E-state index contributed by atoms with van der Waals surface area (Å²) in [6.07, 6.45) is 2.44. The van der Waals surface area contributed by atoms with Crippen LogP contribution >= 0.6 is 11.3 Å². The van der Waals surface area contributed by atoms with E-state index in [1.807, 2.05) is 30.0 Å². The van der Waals surface area contributed by atoms with E-state index in [-0.39, 0.29) is 11.8 Å². The van der Waals surface area contributed by atoms with Crippen LogP contribution in [0.25, 0.3) is 10.2 Å². The lowest BCUT2D eigenvalue weighted by Crippen LogP contribution is -2.24. The third kappa shape index (κ3) is 1.82. The molecule has 3 rings (SSSR count). The maximum atomic E-state index is 12.0. The molecule has 1 unspecified atom stereocenters. The van der Waals surface area contributed by atoms with E-state index in [0.717, 1.165) is 27.5 Å². The van der Waals surface area contributed by atoms with Crippen molar-refractivity contribution in [2.75, 3.05) is 11.4 Å². The van der Waals surface area contributed by atoms with Gasteiger partial charge in [-0.25, -0.2) is 4.98 Å². The molecule has 1 aromatic heterocycles. The first-order valence-corrected chi connectivity index (χ1v) is 6.79. The van der Waals surface area contributed by atoms with Crippen LogP contribution < -0.4 is 4.90 Å². The molecule has 0 saturated carbocycles. The monoisotopic (exact) mass is 258 g/mol. The average molecular weight is 258 g/mol. The Bertz CT molecular complexity index is 632. The number of thiazole rings is 1. The molecule has 18 heavy (non-hydrogen) atoms. The molecule has 0 N–H and O–H groups in total. The highest BCUT2D eigenvalue weighted by Gasteiger charge is 2.28. The SMILES string of the molecule is C=CC1CC(=O)N(c2ccc3nc(C)sc3c2)C1. The summed E-state index contributed by atoms with van der Waals surface area (Å²) in [5.41, 5.74) is 1.98. The Morgan fingerprint density at radius 3 is 3.11 bits per heavy atom. The first kappa shape index (κ1) is 11.4. The van der Waals surface area contributed by atoms with E-state index in [2.05, 4.69) is 17.6 Å². The van der Waals surface area contributed by atoms with Gasteiger partial charge in [0.15, 0.2) is 0 Å². The third-order valence-electron chi connectivity index (χ3n) is 3.28. The second-order valence-electron chi connectivity index (χ2n) is 4.59. The smallest absolute Gasteiger partial charge is 0.227 e. The molecule has 2 heterocycles. The summed E-state index contributed by atoms with van der Waals surface area (Å²) >= 11 is 1.66. The Morgan fingerprint density at radius 2 is 2.39 bits per heavy atom. The van der Waals surface area contributed by atoms with Crippen molar-refractivity contribution >= 4 is 33.1 Å². The minimum atomic E-state index is 0.181. The van der Waals surface area contributed by atoms with Gasteiger partial charge in [-0.1, -0.05) is 6.08 Å². The number of carbonyl (C=O) groups is 1. The number of fused-ring (bicyclic) bond motifs is 1. The van der Waals surface area contributed by atoms with Gasteiger partial charge in [0.2, 0.25) is 5.91 Å². The van der Waals surface area contributed by atoms with Gasteiger partial charge in [0.1, 0.15) is 0 Å². The molecule has 1 aliphatic heterocycles. The molecule has 1 atom stereocenters. The fourth-order valence-corrected chi connectivity index (χ4v) is 3.20. The van der Waals surface area contributed by atoms with Crippen molar-refractivity contribution in [3.63, 3.8) is 0 Å². The van der Waals surface area contributed by atoms with Crippen LogP contribution in [0.5, 0.6) is 0 Å². The summed E-state index contributed by atoms with van der Waals surface area (Å²) in [5.74, 6) is 0.455. The number of nitrogens with zero attached hydrogens (tertiary/aromatic N) is 2. The molecule has 0 bridgehead atoms. The fraction of sp³-hybridized carbons (Fsp3) is 0.286. The van der Waals surface area contributed by atoms with Crippen molar-refractivity contribution in [3.8, 4) is 0 Å². The largest absolute Gasteiger partial charge is 0.312 e. The second-order valence-corrected chi connectivity index (χ2v) is 5.82. The zero-order valence-electron chi connectivity index (χ0n) is 10.2. The Morgan fingerprint density at radius 1 is 1.56 bits per heavy atom. The minimum Gasteiger partial charge on any atom is -0.312 e. The molecule has 0 aliphatic carbocycles. The Hall–Kier alpha value is -1.68. The number of hydrogen-bond donors (Lipinski definition) is 0. The third-order valence-corrected chi connectivity index (χ3v) is 4.21. The van der Waals surface area contributed by atoms with Crippen molar-refractivity contribution < 1.29 is 4.79 Å². The summed E-state index contributed by atoms with van der Waals surface area (Å²) in [6, 6.07) is 6.02. The number of aromatic nitrogens is 1. The zero-order chi connectivity index (χ0) is 12.7. The number of anilines is 1. The number of rotatable bonds is 2. The summed E-state index contributed by atoms with van der Waals surface area (Å²) in [6.45, 7) is 6.51. The Kier molecular flexibility index (Phi) is 2.67. The van der Waals surface area contributed by atoms with Crippen molar-refractivity contribution in [1.82, 2.24) is 4.98 Å². The van der Waals surface area contributed by atoms with Crippen LogP contribution in [0.3, 0.4) is 0 Å². The van der Waals surface area contributed by atoms with Crippen LogP contribution in [0.2, 0.25) is 0 Å². The predicted molar refractivity (Wildman–Crippen MR) is 75.0 cm³/mol. The number of hydrogen-bond acceptors (Lipinski definition) is 3. The quantitative estimate of drug-likeness (QED) is 0.775. The molecule has 3 nitrogen and oxygen atoms in total. The van der Waals surface area contributed by atoms with E-state index in [1.54, 1.807) is 11.3 Å². The standard InChI is InChI=1S/C14H14N2OS/c1-3-10-6-14(17)16(8-10)11-4-5-12-13(7-11)18-9(2)15-12/h3-5,7,10H,1,6,8H2,2H3. The number of carbonyl (C=O) groups excluding carboxylic acids is 1. The number of aryl methyl sites for hydroxylation is 1. The number of benzene rings is 1. The normalized spacial score (nSPS) is 19.7. The van der Waals surface area contributed by atoms with Crippen molar-refractivity contribution in [1.29, 1.82) is 0 Å². The van der Waals surface area contributed by atoms with E-state index < -0.39 is 0 Å². The highest BCUT2D eigenvalue weighted by Crippen LogP contribution is 2.30. The van der Waals surface area contributed by atoms with Crippen LogP contribution in [0.4, 0.5) is 5.69 Å². The van der Waals surface area contributed by atoms with Crippen LogP contribution in [-0.2, 0) is 4.79 Å². The Balaban J connectivity index is 1.99. The highest BCUT2D eigenvalue weighted by molar-refractivity contribution is 7.18. The molecule has 1 aliphatic rings. The molecular weight excluding hydrogens is 244 g/mol. The molecule has 1 amide bonds. The topological polar surface area (TPSA) is 33.2 Å². The van der Waals surface area contributed by atoms with Gasteiger partial charge in [0.25, 0.3) is 0 Å². The zero-order valence-corrected chi connectivity index (χ0v) is 11.0. The molecule has 92 valence electrons. The Labute approximate surface area is 110 Å². The maximum absolute atomic E-state index is 12.0. The molecule has 2 aromatic rings. The summed E-state index contributed by atoms with van der Waals surface area (Å²) < 4.78 is 1.14. The van der Waals surface area contributed by atoms with Gasteiger partial charge in [0, 0.05) is 24.6 Å². The highest BCUT2D eigenvalue weighted by atomic mass is 32.1. The van der Waals surface area contributed by atoms with Gasteiger partial charge in [-0.05, 0) is 25.1 Å². The van der Waals surface area contributed by atoms with Gasteiger partial charge >= 0.3 is 0 Å². The lowest BCUT2D eigenvalue weighted by atomic mass is 10.1. The molecule has 1 saturated heterocycles. The van der Waals surface area contributed by atoms with Crippen molar-refractivity contribution in [2.45, 2.75) is 13.3 Å². The first-order valence-electron chi connectivity index (χ1n) is 5.97. The van der Waals surface area contributed by atoms with Gasteiger partial charge in [-0.15, -0.1) is 17.9 Å². The van der Waals surface area contributed by atoms with E-state index in [1.165, 1.54) is 0 Å². The first-order chi connectivity index (χ1) is 8.67. The van der Waals surface area contributed by atoms with Gasteiger partial charge in [-0.2, -0.15) is 0 Å². The van der Waals surface area contributed by atoms with Crippen molar-refractivity contribution in [3.05, 3.63) is 35.9 Å². The summed E-state index contributed by atoms with van der Waals surface area (Å²) in [4.78, 5) is 18.2. The predicted octanol–water partition coefficient (Wildman–Crippen LogP) is 3.14. The second kappa shape index (κ2) is 4.21.